The van der Waals surface area contributed by atoms with Gasteiger partial charge in [-0.2, -0.15) is 0 Å². The van der Waals surface area contributed by atoms with E-state index in [1.807, 2.05) is 6.92 Å². The molecule has 0 aromatic carbocycles. The molecule has 0 N–H and O–H groups in total. The van der Waals surface area contributed by atoms with Crippen molar-refractivity contribution in [2.24, 2.45) is 5.92 Å². The van der Waals surface area contributed by atoms with Crippen molar-refractivity contribution in [2.75, 3.05) is 19.7 Å². The number of hydrogen-bond donors (Lipinski definition) is 0. The monoisotopic (exact) mass is 283 g/mol. The molecule has 0 aromatic rings. The first-order chi connectivity index (χ1) is 9.65. The van der Waals surface area contributed by atoms with Gasteiger partial charge in [-0.15, -0.1) is 0 Å². The normalized spacial score (nSPS) is 35.8. The molecule has 4 unspecified atom stereocenters. The zero-order valence-corrected chi connectivity index (χ0v) is 13.1. The topological polar surface area (TPSA) is 38.8 Å². The molecule has 4 atom stereocenters. The molecule has 1 saturated heterocycles. The number of morpholine rings is 1. The molecule has 0 amide bonds. The molecule has 2 rings (SSSR count). The first-order valence-corrected chi connectivity index (χ1v) is 8.21. The summed E-state index contributed by atoms with van der Waals surface area (Å²) in [6, 6.07) is 0.350. The van der Waals surface area contributed by atoms with E-state index in [0.29, 0.717) is 18.8 Å². The third-order valence-electron chi connectivity index (χ3n) is 4.60. The van der Waals surface area contributed by atoms with Crippen LogP contribution in [0.1, 0.15) is 52.9 Å². The Labute approximate surface area is 122 Å². The van der Waals surface area contributed by atoms with Crippen molar-refractivity contribution in [1.82, 2.24) is 4.90 Å². The van der Waals surface area contributed by atoms with E-state index in [0.717, 1.165) is 38.8 Å². The van der Waals surface area contributed by atoms with E-state index < -0.39 is 0 Å². The lowest BCUT2D eigenvalue weighted by molar-refractivity contribution is -0.155. The number of ether oxygens (including phenoxy) is 2. The molecule has 2 fully saturated rings. The van der Waals surface area contributed by atoms with Crippen LogP contribution in [0.5, 0.6) is 0 Å². The van der Waals surface area contributed by atoms with Gasteiger partial charge in [0.15, 0.2) is 0 Å². The van der Waals surface area contributed by atoms with Crippen LogP contribution >= 0.6 is 0 Å². The molecule has 0 spiro atoms. The Morgan fingerprint density at radius 1 is 1.25 bits per heavy atom. The lowest BCUT2D eigenvalue weighted by atomic mass is 9.83. The fourth-order valence-electron chi connectivity index (χ4n) is 3.65. The largest absolute Gasteiger partial charge is 0.466 e. The smallest absolute Gasteiger partial charge is 0.310 e. The summed E-state index contributed by atoms with van der Waals surface area (Å²) >= 11 is 0. The van der Waals surface area contributed by atoms with E-state index in [1.165, 1.54) is 6.42 Å². The molecule has 4 heteroatoms. The van der Waals surface area contributed by atoms with E-state index in [2.05, 4.69) is 18.7 Å². The Hall–Kier alpha value is -0.610. The summed E-state index contributed by atoms with van der Waals surface area (Å²) in [5, 5.41) is 0. The molecule has 1 heterocycles. The van der Waals surface area contributed by atoms with E-state index in [1.54, 1.807) is 0 Å². The van der Waals surface area contributed by atoms with Crippen molar-refractivity contribution in [3.63, 3.8) is 0 Å². The molecule has 0 aromatic heterocycles. The van der Waals surface area contributed by atoms with Gasteiger partial charge in [0.05, 0.1) is 24.7 Å². The van der Waals surface area contributed by atoms with Gasteiger partial charge in [0, 0.05) is 19.1 Å². The predicted molar refractivity (Wildman–Crippen MR) is 78.6 cm³/mol. The van der Waals surface area contributed by atoms with Crippen LogP contribution < -0.4 is 0 Å². The van der Waals surface area contributed by atoms with E-state index >= 15 is 0 Å². The zero-order chi connectivity index (χ0) is 14.5. The highest BCUT2D eigenvalue weighted by Crippen LogP contribution is 2.31. The maximum Gasteiger partial charge on any atom is 0.310 e. The molecule has 116 valence electrons. The highest BCUT2D eigenvalue weighted by Gasteiger charge is 2.38. The minimum atomic E-state index is 0.00407. The molecule has 0 radical (unpaired) electrons. The number of hydrogen-bond acceptors (Lipinski definition) is 4. The van der Waals surface area contributed by atoms with Crippen molar-refractivity contribution in [3.8, 4) is 0 Å². The highest BCUT2D eigenvalue weighted by atomic mass is 16.5. The predicted octanol–water partition coefficient (Wildman–Crippen LogP) is 2.61. The average molecular weight is 283 g/mol. The van der Waals surface area contributed by atoms with E-state index in [-0.39, 0.29) is 18.0 Å². The van der Waals surface area contributed by atoms with Gasteiger partial charge in [-0.1, -0.05) is 19.8 Å². The Bertz CT molecular complexity index is 321. The average Bonchev–Trinajstić information content (AvgIpc) is 2.46. The van der Waals surface area contributed by atoms with E-state index in [9.17, 15) is 4.79 Å². The van der Waals surface area contributed by atoms with Crippen LogP contribution in [0.15, 0.2) is 0 Å². The zero-order valence-electron chi connectivity index (χ0n) is 13.1. The van der Waals surface area contributed by atoms with Gasteiger partial charge < -0.3 is 9.47 Å². The number of nitrogens with zero attached hydrogens (tertiary/aromatic N) is 1. The van der Waals surface area contributed by atoms with Crippen LogP contribution in [0, 0.1) is 5.92 Å². The quantitative estimate of drug-likeness (QED) is 0.743. The van der Waals surface area contributed by atoms with Crippen molar-refractivity contribution < 1.29 is 14.3 Å². The lowest BCUT2D eigenvalue weighted by Crippen LogP contribution is -2.55. The summed E-state index contributed by atoms with van der Waals surface area (Å²) in [5.41, 5.74) is 0. The summed E-state index contributed by atoms with van der Waals surface area (Å²) in [4.78, 5) is 14.7. The number of esters is 1. The molecular weight excluding hydrogens is 254 g/mol. The summed E-state index contributed by atoms with van der Waals surface area (Å²) < 4.78 is 11.2. The summed E-state index contributed by atoms with van der Waals surface area (Å²) in [7, 11) is 0. The maximum atomic E-state index is 12.2. The fourth-order valence-corrected chi connectivity index (χ4v) is 3.65. The first-order valence-electron chi connectivity index (χ1n) is 8.21. The van der Waals surface area contributed by atoms with Crippen LogP contribution in [0.25, 0.3) is 0 Å². The Morgan fingerprint density at radius 2 is 2.00 bits per heavy atom. The first kappa shape index (κ1) is 15.8. The summed E-state index contributed by atoms with van der Waals surface area (Å²) in [6.45, 7) is 8.58. The maximum absolute atomic E-state index is 12.2. The summed E-state index contributed by atoms with van der Waals surface area (Å²) in [6.07, 6.45) is 6.08. The van der Waals surface area contributed by atoms with Gasteiger partial charge in [0.1, 0.15) is 0 Å². The van der Waals surface area contributed by atoms with E-state index in [4.69, 9.17) is 9.47 Å². The van der Waals surface area contributed by atoms with Crippen LogP contribution in [0.3, 0.4) is 0 Å². The van der Waals surface area contributed by atoms with Gasteiger partial charge in [0.2, 0.25) is 0 Å². The molecule has 20 heavy (non-hydrogen) atoms. The second kappa shape index (κ2) is 7.41. The third kappa shape index (κ3) is 3.73. The van der Waals surface area contributed by atoms with Gasteiger partial charge >= 0.3 is 5.97 Å². The van der Waals surface area contributed by atoms with Crippen molar-refractivity contribution in [1.29, 1.82) is 0 Å². The highest BCUT2D eigenvalue weighted by molar-refractivity contribution is 5.73. The van der Waals surface area contributed by atoms with Gasteiger partial charge in [0.25, 0.3) is 0 Å². The van der Waals surface area contributed by atoms with Crippen LogP contribution in [0.2, 0.25) is 0 Å². The second-order valence-electron chi connectivity index (χ2n) is 6.14. The molecular formula is C16H29NO3. The van der Waals surface area contributed by atoms with Crippen LogP contribution in [-0.4, -0.2) is 48.8 Å². The van der Waals surface area contributed by atoms with Gasteiger partial charge in [-0.05, 0) is 33.1 Å². The number of rotatable bonds is 4. The minimum Gasteiger partial charge on any atom is -0.466 e. The molecule has 0 bridgehead atoms. The molecule has 2 aliphatic rings. The van der Waals surface area contributed by atoms with Crippen molar-refractivity contribution >= 4 is 5.97 Å². The van der Waals surface area contributed by atoms with Crippen molar-refractivity contribution in [2.45, 2.75) is 71.1 Å². The van der Waals surface area contributed by atoms with Gasteiger partial charge in [-0.3, -0.25) is 9.69 Å². The SMILES string of the molecule is CCOC(=O)C1CCCCC1N1CC(C)OC(CC)C1. The molecule has 4 nitrogen and oxygen atoms in total. The molecule has 1 saturated carbocycles. The molecule has 1 aliphatic carbocycles. The Kier molecular flexibility index (Phi) is 5.85. The van der Waals surface area contributed by atoms with Gasteiger partial charge in [-0.25, -0.2) is 0 Å². The minimum absolute atomic E-state index is 0.00407. The van der Waals surface area contributed by atoms with Crippen LogP contribution in [-0.2, 0) is 14.3 Å². The standard InChI is InChI=1S/C16H29NO3/c1-4-13-11-17(10-12(3)20-13)15-9-7-6-8-14(15)16(18)19-5-2/h12-15H,4-11H2,1-3H3. The number of carbonyl (C=O) groups excluding carboxylic acids is 1. The Balaban J connectivity index is 2.04. The van der Waals surface area contributed by atoms with Crippen molar-refractivity contribution in [3.05, 3.63) is 0 Å². The molecule has 1 aliphatic heterocycles. The number of carbonyl (C=O) groups is 1. The fraction of sp³-hybridized carbons (Fsp3) is 0.938. The summed E-state index contributed by atoms with van der Waals surface area (Å²) in [5.74, 6) is 0.0656. The Morgan fingerprint density at radius 3 is 2.70 bits per heavy atom. The lowest BCUT2D eigenvalue weighted by Gasteiger charge is -2.44. The second-order valence-corrected chi connectivity index (χ2v) is 6.14. The third-order valence-corrected chi connectivity index (χ3v) is 4.60. The van der Waals surface area contributed by atoms with Crippen LogP contribution in [0.4, 0.5) is 0 Å².